The largest absolute Gasteiger partial charge is 0.493 e. The maximum absolute atomic E-state index is 5.90. The lowest BCUT2D eigenvalue weighted by atomic mass is 10.1. The molecule has 1 rings (SSSR count). The summed E-state index contributed by atoms with van der Waals surface area (Å²) in [5.74, 6) is 1.65. The number of nitrogens with one attached hydrogen (secondary N) is 1. The van der Waals surface area contributed by atoms with Gasteiger partial charge in [0, 0.05) is 12.1 Å². The van der Waals surface area contributed by atoms with Crippen LogP contribution < -0.4 is 14.8 Å². The molecule has 0 bridgehead atoms. The number of para-hydroxylation sites is 1. The minimum Gasteiger partial charge on any atom is -0.493 e. The fourth-order valence-corrected chi connectivity index (χ4v) is 1.47. The van der Waals surface area contributed by atoms with Crippen LogP contribution in [0.2, 0.25) is 0 Å². The van der Waals surface area contributed by atoms with Crippen molar-refractivity contribution in [3.63, 3.8) is 0 Å². The van der Waals surface area contributed by atoms with Crippen LogP contribution in [0.25, 0.3) is 0 Å². The van der Waals surface area contributed by atoms with E-state index in [1.807, 2.05) is 19.2 Å². The molecule has 1 N–H and O–H groups in total. The Morgan fingerprint density at radius 1 is 1.38 bits per heavy atom. The van der Waals surface area contributed by atoms with E-state index in [1.165, 1.54) is 0 Å². The van der Waals surface area contributed by atoms with E-state index in [0.29, 0.717) is 0 Å². The minimum atomic E-state index is 0.201. The molecule has 90 valence electrons. The van der Waals surface area contributed by atoms with Crippen molar-refractivity contribution in [2.45, 2.75) is 32.9 Å². The molecule has 0 saturated heterocycles. The van der Waals surface area contributed by atoms with Crippen LogP contribution in [-0.4, -0.2) is 20.3 Å². The molecule has 3 nitrogen and oxygen atoms in total. The summed E-state index contributed by atoms with van der Waals surface area (Å²) in [7, 11) is 3.59. The summed E-state index contributed by atoms with van der Waals surface area (Å²) in [4.78, 5) is 0. The summed E-state index contributed by atoms with van der Waals surface area (Å²) < 4.78 is 11.2. The van der Waals surface area contributed by atoms with Gasteiger partial charge in [-0.2, -0.15) is 0 Å². The number of rotatable bonds is 6. The van der Waals surface area contributed by atoms with Crippen LogP contribution in [-0.2, 0) is 6.54 Å². The lowest BCUT2D eigenvalue weighted by molar-refractivity contribution is 0.205. The molecule has 1 atom stereocenters. The third kappa shape index (κ3) is 3.14. The summed E-state index contributed by atoms with van der Waals surface area (Å²) in [6.07, 6.45) is 1.18. The van der Waals surface area contributed by atoms with Gasteiger partial charge in [0.2, 0.25) is 0 Å². The number of methoxy groups -OCH3 is 1. The van der Waals surface area contributed by atoms with Gasteiger partial charge >= 0.3 is 0 Å². The second-order valence-electron chi connectivity index (χ2n) is 3.82. The van der Waals surface area contributed by atoms with Crippen LogP contribution >= 0.6 is 0 Å². The van der Waals surface area contributed by atoms with E-state index in [4.69, 9.17) is 9.47 Å². The monoisotopic (exact) mass is 223 g/mol. The maximum atomic E-state index is 5.90. The molecular weight excluding hydrogens is 202 g/mol. The minimum absolute atomic E-state index is 0.201. The fraction of sp³-hybridized carbons (Fsp3) is 0.538. The van der Waals surface area contributed by atoms with Gasteiger partial charge in [-0.05, 0) is 26.5 Å². The summed E-state index contributed by atoms with van der Waals surface area (Å²) in [5.41, 5.74) is 1.13. The van der Waals surface area contributed by atoms with Crippen LogP contribution in [0.1, 0.15) is 25.8 Å². The Morgan fingerprint density at radius 2 is 2.12 bits per heavy atom. The molecule has 0 saturated carbocycles. The first kappa shape index (κ1) is 12.8. The molecule has 1 aromatic rings. The Morgan fingerprint density at radius 3 is 2.69 bits per heavy atom. The zero-order valence-corrected chi connectivity index (χ0v) is 10.5. The van der Waals surface area contributed by atoms with E-state index in [2.05, 4.69) is 25.2 Å². The van der Waals surface area contributed by atoms with E-state index >= 15 is 0 Å². The summed E-state index contributed by atoms with van der Waals surface area (Å²) in [6.45, 7) is 4.95. The van der Waals surface area contributed by atoms with Crippen molar-refractivity contribution in [3.8, 4) is 11.5 Å². The van der Waals surface area contributed by atoms with Gasteiger partial charge in [-0.15, -0.1) is 0 Å². The van der Waals surface area contributed by atoms with Gasteiger partial charge < -0.3 is 14.8 Å². The van der Waals surface area contributed by atoms with Gasteiger partial charge in [-0.3, -0.25) is 0 Å². The molecule has 0 heterocycles. The molecule has 16 heavy (non-hydrogen) atoms. The Kier molecular flexibility index (Phi) is 5.12. The lowest BCUT2D eigenvalue weighted by Crippen LogP contribution is -2.14. The molecule has 0 aliphatic heterocycles. The van der Waals surface area contributed by atoms with Crippen LogP contribution in [0.4, 0.5) is 0 Å². The van der Waals surface area contributed by atoms with Crippen molar-refractivity contribution in [2.24, 2.45) is 0 Å². The number of hydrogen-bond acceptors (Lipinski definition) is 3. The normalized spacial score (nSPS) is 12.2. The SMILES string of the molecule is CCC(C)Oc1c(CNC)cccc1OC. The second kappa shape index (κ2) is 6.38. The molecule has 1 aromatic carbocycles. The van der Waals surface area contributed by atoms with Crippen molar-refractivity contribution in [2.75, 3.05) is 14.2 Å². The van der Waals surface area contributed by atoms with Gasteiger partial charge in [-0.25, -0.2) is 0 Å². The highest BCUT2D eigenvalue weighted by atomic mass is 16.5. The maximum Gasteiger partial charge on any atom is 0.166 e. The Labute approximate surface area is 97.8 Å². The zero-order valence-electron chi connectivity index (χ0n) is 10.5. The Balaban J connectivity index is 2.99. The standard InChI is InChI=1S/C13H21NO2/c1-5-10(2)16-13-11(9-14-3)7-6-8-12(13)15-4/h6-8,10,14H,5,9H2,1-4H3. The first-order chi connectivity index (χ1) is 7.72. The number of ether oxygens (including phenoxy) is 2. The van der Waals surface area contributed by atoms with Crippen LogP contribution in [0, 0.1) is 0 Å². The van der Waals surface area contributed by atoms with Crippen molar-refractivity contribution in [1.29, 1.82) is 0 Å². The third-order valence-electron chi connectivity index (χ3n) is 2.54. The number of hydrogen-bond donors (Lipinski definition) is 1. The molecule has 1 unspecified atom stereocenters. The van der Waals surface area contributed by atoms with E-state index in [1.54, 1.807) is 7.11 Å². The average Bonchev–Trinajstić information content (AvgIpc) is 2.31. The Hall–Kier alpha value is -1.22. The highest BCUT2D eigenvalue weighted by Crippen LogP contribution is 2.32. The quantitative estimate of drug-likeness (QED) is 0.804. The molecule has 3 heteroatoms. The first-order valence-electron chi connectivity index (χ1n) is 5.70. The van der Waals surface area contributed by atoms with Crippen molar-refractivity contribution in [3.05, 3.63) is 23.8 Å². The van der Waals surface area contributed by atoms with Gasteiger partial charge in [0.05, 0.1) is 13.2 Å². The second-order valence-corrected chi connectivity index (χ2v) is 3.82. The van der Waals surface area contributed by atoms with Crippen LogP contribution in [0.15, 0.2) is 18.2 Å². The molecule has 0 spiro atoms. The predicted molar refractivity (Wildman–Crippen MR) is 66.1 cm³/mol. The summed E-state index contributed by atoms with van der Waals surface area (Å²) in [6, 6.07) is 5.96. The van der Waals surface area contributed by atoms with E-state index < -0.39 is 0 Å². The van der Waals surface area contributed by atoms with Crippen molar-refractivity contribution >= 4 is 0 Å². The third-order valence-corrected chi connectivity index (χ3v) is 2.54. The molecule has 0 aromatic heterocycles. The molecule has 0 aliphatic carbocycles. The topological polar surface area (TPSA) is 30.5 Å². The first-order valence-corrected chi connectivity index (χ1v) is 5.70. The van der Waals surface area contributed by atoms with E-state index in [-0.39, 0.29) is 6.10 Å². The highest BCUT2D eigenvalue weighted by Gasteiger charge is 2.12. The molecular formula is C13H21NO2. The van der Waals surface area contributed by atoms with Crippen LogP contribution in [0.5, 0.6) is 11.5 Å². The van der Waals surface area contributed by atoms with Crippen molar-refractivity contribution in [1.82, 2.24) is 5.32 Å². The highest BCUT2D eigenvalue weighted by molar-refractivity contribution is 5.46. The Bertz CT molecular complexity index is 326. The smallest absolute Gasteiger partial charge is 0.166 e. The van der Waals surface area contributed by atoms with E-state index in [0.717, 1.165) is 30.0 Å². The summed E-state index contributed by atoms with van der Waals surface area (Å²) >= 11 is 0. The van der Waals surface area contributed by atoms with Gasteiger partial charge in [0.25, 0.3) is 0 Å². The molecule has 0 radical (unpaired) electrons. The van der Waals surface area contributed by atoms with Crippen LogP contribution in [0.3, 0.4) is 0 Å². The lowest BCUT2D eigenvalue weighted by Gasteiger charge is -2.18. The summed E-state index contributed by atoms with van der Waals surface area (Å²) in [5, 5.41) is 3.13. The zero-order chi connectivity index (χ0) is 12.0. The molecule has 0 amide bonds. The van der Waals surface area contributed by atoms with Gasteiger partial charge in [0.1, 0.15) is 0 Å². The van der Waals surface area contributed by atoms with Gasteiger partial charge in [0.15, 0.2) is 11.5 Å². The molecule has 0 aliphatic rings. The average molecular weight is 223 g/mol. The number of benzene rings is 1. The predicted octanol–water partition coefficient (Wildman–Crippen LogP) is 2.59. The van der Waals surface area contributed by atoms with Gasteiger partial charge in [-0.1, -0.05) is 19.1 Å². The van der Waals surface area contributed by atoms with E-state index in [9.17, 15) is 0 Å². The fourth-order valence-electron chi connectivity index (χ4n) is 1.47. The van der Waals surface area contributed by atoms with Crippen molar-refractivity contribution < 1.29 is 9.47 Å². The molecule has 0 fully saturated rings.